The van der Waals surface area contributed by atoms with Crippen LogP contribution in [0.2, 0.25) is 0 Å². The number of rotatable bonds is 6. The van der Waals surface area contributed by atoms with Gasteiger partial charge in [0.15, 0.2) is 0 Å². The number of hydrogen-bond donors (Lipinski definition) is 1. The molecule has 2 heterocycles. The van der Waals surface area contributed by atoms with Crippen molar-refractivity contribution >= 4 is 0 Å². The summed E-state index contributed by atoms with van der Waals surface area (Å²) in [4.78, 5) is 6.78. The molecule has 1 aliphatic rings. The maximum Gasteiger partial charge on any atom is 0.141 e. The summed E-state index contributed by atoms with van der Waals surface area (Å²) in [5, 5.41) is 4.28. The normalized spacial score (nSPS) is 24.8. The molecule has 108 valence electrons. The number of likely N-dealkylation sites (tertiary alicyclic amines) is 1. The third-order valence-corrected chi connectivity index (χ3v) is 3.87. The Morgan fingerprint density at radius 1 is 1.53 bits per heavy atom. The van der Waals surface area contributed by atoms with E-state index < -0.39 is 0 Å². The SMILES string of the molecule is CCCn1ncnc1CN1CCC(OC)CC1CN. The van der Waals surface area contributed by atoms with Gasteiger partial charge in [-0.3, -0.25) is 4.90 Å². The Bertz CT molecular complexity index is 381. The molecule has 1 aliphatic heterocycles. The summed E-state index contributed by atoms with van der Waals surface area (Å²) in [7, 11) is 1.78. The van der Waals surface area contributed by atoms with Crippen molar-refractivity contribution in [2.24, 2.45) is 5.73 Å². The minimum absolute atomic E-state index is 0.346. The van der Waals surface area contributed by atoms with Crippen LogP contribution in [-0.4, -0.2) is 52.0 Å². The van der Waals surface area contributed by atoms with Gasteiger partial charge in [0, 0.05) is 32.8 Å². The molecule has 1 aromatic rings. The molecule has 2 rings (SSSR count). The molecule has 2 atom stereocenters. The summed E-state index contributed by atoms with van der Waals surface area (Å²) >= 11 is 0. The monoisotopic (exact) mass is 267 g/mol. The number of ether oxygens (including phenoxy) is 1. The average molecular weight is 267 g/mol. The lowest BCUT2D eigenvalue weighted by atomic mass is 9.99. The standard InChI is InChI=1S/C13H25N5O/c1-3-5-18-13(15-10-16-18)9-17-6-4-12(19-2)7-11(17)8-14/h10-12H,3-9,14H2,1-2H3. The largest absolute Gasteiger partial charge is 0.381 e. The Labute approximate surface area is 114 Å². The first-order valence-electron chi connectivity index (χ1n) is 7.12. The Morgan fingerprint density at radius 2 is 2.37 bits per heavy atom. The van der Waals surface area contributed by atoms with Crippen molar-refractivity contribution in [3.63, 3.8) is 0 Å². The van der Waals surface area contributed by atoms with Crippen LogP contribution < -0.4 is 5.73 Å². The zero-order valence-electron chi connectivity index (χ0n) is 12.0. The molecular formula is C13H25N5O. The van der Waals surface area contributed by atoms with Crippen molar-refractivity contribution in [1.82, 2.24) is 19.7 Å². The summed E-state index contributed by atoms with van der Waals surface area (Å²) < 4.78 is 7.45. The zero-order valence-corrected chi connectivity index (χ0v) is 12.0. The Balaban J connectivity index is 1.99. The van der Waals surface area contributed by atoms with E-state index in [0.717, 1.165) is 44.7 Å². The van der Waals surface area contributed by atoms with Gasteiger partial charge in [-0.1, -0.05) is 6.92 Å². The number of aryl methyl sites for hydroxylation is 1. The van der Waals surface area contributed by atoms with Gasteiger partial charge in [0.25, 0.3) is 0 Å². The molecule has 1 aromatic heterocycles. The molecule has 0 radical (unpaired) electrons. The van der Waals surface area contributed by atoms with E-state index in [0.29, 0.717) is 18.7 Å². The number of nitrogens with two attached hydrogens (primary N) is 1. The highest BCUT2D eigenvalue weighted by molar-refractivity contribution is 4.90. The molecule has 0 bridgehead atoms. The molecule has 6 nitrogen and oxygen atoms in total. The summed E-state index contributed by atoms with van der Waals surface area (Å²) in [5.41, 5.74) is 5.90. The van der Waals surface area contributed by atoms with E-state index in [1.165, 1.54) is 0 Å². The fraction of sp³-hybridized carbons (Fsp3) is 0.846. The van der Waals surface area contributed by atoms with Crippen LogP contribution in [0.1, 0.15) is 32.0 Å². The third kappa shape index (κ3) is 3.52. The van der Waals surface area contributed by atoms with Crippen molar-refractivity contribution in [3.8, 4) is 0 Å². The number of hydrogen-bond acceptors (Lipinski definition) is 5. The lowest BCUT2D eigenvalue weighted by Gasteiger charge is -2.38. The van der Waals surface area contributed by atoms with Crippen molar-refractivity contribution in [3.05, 3.63) is 12.2 Å². The molecule has 1 saturated heterocycles. The zero-order chi connectivity index (χ0) is 13.7. The molecule has 6 heteroatoms. The molecule has 0 aliphatic carbocycles. The van der Waals surface area contributed by atoms with E-state index in [2.05, 4.69) is 21.9 Å². The quantitative estimate of drug-likeness (QED) is 0.818. The summed E-state index contributed by atoms with van der Waals surface area (Å²) in [6.45, 7) is 5.59. The van der Waals surface area contributed by atoms with Crippen LogP contribution in [0.4, 0.5) is 0 Å². The fourth-order valence-corrected chi connectivity index (χ4v) is 2.72. The van der Waals surface area contributed by atoms with Crippen LogP contribution in [0.3, 0.4) is 0 Å². The summed E-state index contributed by atoms with van der Waals surface area (Å²) in [6, 6.07) is 0.380. The lowest BCUT2D eigenvalue weighted by molar-refractivity contribution is 0.00883. The minimum atomic E-state index is 0.346. The van der Waals surface area contributed by atoms with Gasteiger partial charge in [-0.2, -0.15) is 5.10 Å². The van der Waals surface area contributed by atoms with Crippen molar-refractivity contribution in [1.29, 1.82) is 0 Å². The van der Waals surface area contributed by atoms with E-state index in [-0.39, 0.29) is 0 Å². The van der Waals surface area contributed by atoms with Crippen LogP contribution in [0.15, 0.2) is 6.33 Å². The number of piperidine rings is 1. The molecule has 1 fully saturated rings. The van der Waals surface area contributed by atoms with Gasteiger partial charge in [0.2, 0.25) is 0 Å². The van der Waals surface area contributed by atoms with Crippen LogP contribution in [-0.2, 0) is 17.8 Å². The van der Waals surface area contributed by atoms with Gasteiger partial charge in [0.1, 0.15) is 12.2 Å². The lowest BCUT2D eigenvalue weighted by Crippen LogP contribution is -2.48. The van der Waals surface area contributed by atoms with Gasteiger partial charge in [-0.05, 0) is 19.3 Å². The molecule has 2 unspecified atom stereocenters. The fourth-order valence-electron chi connectivity index (χ4n) is 2.72. The third-order valence-electron chi connectivity index (χ3n) is 3.87. The maximum atomic E-state index is 5.90. The van der Waals surface area contributed by atoms with Gasteiger partial charge in [-0.25, -0.2) is 9.67 Å². The van der Waals surface area contributed by atoms with Crippen LogP contribution in [0, 0.1) is 0 Å². The highest BCUT2D eigenvalue weighted by Gasteiger charge is 2.28. The molecule has 2 N–H and O–H groups in total. The van der Waals surface area contributed by atoms with Crippen LogP contribution >= 0.6 is 0 Å². The van der Waals surface area contributed by atoms with Crippen LogP contribution in [0.25, 0.3) is 0 Å². The average Bonchev–Trinajstić information content (AvgIpc) is 2.87. The molecule has 0 aromatic carbocycles. The molecule has 0 saturated carbocycles. The number of aromatic nitrogens is 3. The van der Waals surface area contributed by atoms with Gasteiger partial charge in [-0.15, -0.1) is 0 Å². The second-order valence-corrected chi connectivity index (χ2v) is 5.14. The van der Waals surface area contributed by atoms with E-state index in [9.17, 15) is 0 Å². The summed E-state index contributed by atoms with van der Waals surface area (Å²) in [5.74, 6) is 1.04. The first kappa shape index (κ1) is 14.4. The minimum Gasteiger partial charge on any atom is -0.381 e. The van der Waals surface area contributed by atoms with E-state index >= 15 is 0 Å². The summed E-state index contributed by atoms with van der Waals surface area (Å²) in [6.07, 6.45) is 5.13. The molecule has 0 spiro atoms. The Morgan fingerprint density at radius 3 is 3.05 bits per heavy atom. The topological polar surface area (TPSA) is 69.2 Å². The second kappa shape index (κ2) is 6.98. The maximum absolute atomic E-state index is 5.90. The predicted molar refractivity (Wildman–Crippen MR) is 73.6 cm³/mol. The first-order chi connectivity index (χ1) is 9.28. The van der Waals surface area contributed by atoms with Crippen molar-refractivity contribution < 1.29 is 4.74 Å². The van der Waals surface area contributed by atoms with E-state index in [4.69, 9.17) is 10.5 Å². The Kier molecular flexibility index (Phi) is 5.30. The smallest absolute Gasteiger partial charge is 0.141 e. The number of methoxy groups -OCH3 is 1. The molecular weight excluding hydrogens is 242 g/mol. The van der Waals surface area contributed by atoms with E-state index in [1.807, 2.05) is 4.68 Å². The van der Waals surface area contributed by atoms with Gasteiger partial charge in [0.05, 0.1) is 12.6 Å². The van der Waals surface area contributed by atoms with Crippen molar-refractivity contribution in [2.45, 2.75) is 51.4 Å². The van der Waals surface area contributed by atoms with Gasteiger partial charge < -0.3 is 10.5 Å². The first-order valence-corrected chi connectivity index (χ1v) is 7.12. The molecule has 0 amide bonds. The number of nitrogens with zero attached hydrogens (tertiary/aromatic N) is 4. The van der Waals surface area contributed by atoms with Gasteiger partial charge >= 0.3 is 0 Å². The van der Waals surface area contributed by atoms with E-state index in [1.54, 1.807) is 13.4 Å². The molecule has 19 heavy (non-hydrogen) atoms. The second-order valence-electron chi connectivity index (χ2n) is 5.14. The highest BCUT2D eigenvalue weighted by Crippen LogP contribution is 2.20. The highest BCUT2D eigenvalue weighted by atomic mass is 16.5. The predicted octanol–water partition coefficient (Wildman–Crippen LogP) is 0.626. The van der Waals surface area contributed by atoms with Crippen molar-refractivity contribution in [2.75, 3.05) is 20.2 Å². The van der Waals surface area contributed by atoms with Crippen LogP contribution in [0.5, 0.6) is 0 Å². The Hall–Kier alpha value is -0.980.